The van der Waals surface area contributed by atoms with Gasteiger partial charge >= 0.3 is 5.97 Å². The van der Waals surface area contributed by atoms with Crippen molar-refractivity contribution in [2.75, 3.05) is 14.2 Å². The molecule has 2 aromatic heterocycles. The van der Waals surface area contributed by atoms with Gasteiger partial charge in [-0.1, -0.05) is 41.7 Å². The summed E-state index contributed by atoms with van der Waals surface area (Å²) >= 11 is 1.22. The summed E-state index contributed by atoms with van der Waals surface area (Å²) in [5.74, 6) is 1.37. The topological polar surface area (TPSA) is 92.0 Å². The molecular weight excluding hydrogens is 454 g/mol. The fourth-order valence-corrected chi connectivity index (χ4v) is 4.58. The summed E-state index contributed by atoms with van der Waals surface area (Å²) in [5.41, 5.74) is 1.03. The molecule has 0 saturated carbocycles. The van der Waals surface area contributed by atoms with Crippen LogP contribution in [0, 0.1) is 0 Å². The van der Waals surface area contributed by atoms with Gasteiger partial charge in [-0.15, -0.1) is 5.10 Å². The molecular formula is C25H19N3O5S. The van der Waals surface area contributed by atoms with Crippen LogP contribution in [-0.4, -0.2) is 34.8 Å². The third-order valence-electron chi connectivity index (χ3n) is 5.23. The van der Waals surface area contributed by atoms with Gasteiger partial charge in [-0.05, 0) is 46.7 Å². The van der Waals surface area contributed by atoms with E-state index in [1.807, 2.05) is 36.4 Å². The van der Waals surface area contributed by atoms with Crippen LogP contribution in [-0.2, 0) is 4.79 Å². The summed E-state index contributed by atoms with van der Waals surface area (Å²) in [4.78, 5) is 29.7. The van der Waals surface area contributed by atoms with Crippen molar-refractivity contribution in [1.29, 1.82) is 0 Å². The molecule has 0 aliphatic carbocycles. The lowest BCUT2D eigenvalue weighted by Gasteiger charge is -2.08. The van der Waals surface area contributed by atoms with Gasteiger partial charge in [0.1, 0.15) is 5.75 Å². The van der Waals surface area contributed by atoms with Crippen LogP contribution in [0.1, 0.15) is 12.5 Å². The van der Waals surface area contributed by atoms with Crippen LogP contribution in [0.4, 0.5) is 0 Å². The molecule has 0 aliphatic heterocycles. The van der Waals surface area contributed by atoms with Crippen molar-refractivity contribution >= 4 is 39.1 Å². The minimum absolute atomic E-state index is 0.289. The van der Waals surface area contributed by atoms with Gasteiger partial charge in [0.2, 0.25) is 4.96 Å². The number of carbonyl (C=O) groups excluding carboxylic acids is 1. The van der Waals surface area contributed by atoms with E-state index in [-0.39, 0.29) is 5.56 Å². The molecule has 9 heteroatoms. The molecule has 0 amide bonds. The lowest BCUT2D eigenvalue weighted by Crippen LogP contribution is -2.23. The third-order valence-corrected chi connectivity index (χ3v) is 6.19. The summed E-state index contributed by atoms with van der Waals surface area (Å²) in [6.45, 7) is 1.34. The predicted octanol–water partition coefficient (Wildman–Crippen LogP) is 3.46. The molecule has 2 heterocycles. The number of carbonyl (C=O) groups is 1. The number of thiazole rings is 1. The molecule has 170 valence electrons. The first kappa shape index (κ1) is 21.6. The summed E-state index contributed by atoms with van der Waals surface area (Å²) in [7, 11) is 3.12. The first-order valence-corrected chi connectivity index (χ1v) is 11.1. The second kappa shape index (κ2) is 8.60. The van der Waals surface area contributed by atoms with Crippen molar-refractivity contribution in [2.45, 2.75) is 6.92 Å². The lowest BCUT2D eigenvalue weighted by molar-refractivity contribution is -0.131. The van der Waals surface area contributed by atoms with Gasteiger partial charge in [-0.2, -0.15) is 9.50 Å². The number of aromatic nitrogens is 3. The molecule has 0 fully saturated rings. The molecule has 0 radical (unpaired) electrons. The highest BCUT2D eigenvalue weighted by molar-refractivity contribution is 7.15. The van der Waals surface area contributed by atoms with Crippen LogP contribution < -0.4 is 24.3 Å². The van der Waals surface area contributed by atoms with Gasteiger partial charge in [0.25, 0.3) is 5.56 Å². The summed E-state index contributed by atoms with van der Waals surface area (Å²) in [6.07, 6.45) is 1.76. The lowest BCUT2D eigenvalue weighted by atomic mass is 10.1. The molecule has 0 spiro atoms. The maximum atomic E-state index is 13.0. The van der Waals surface area contributed by atoms with E-state index in [4.69, 9.17) is 14.2 Å². The van der Waals surface area contributed by atoms with Crippen molar-refractivity contribution in [3.05, 3.63) is 75.0 Å². The zero-order valence-electron chi connectivity index (χ0n) is 18.6. The second-order valence-corrected chi connectivity index (χ2v) is 8.46. The number of ether oxygens (including phenoxy) is 3. The molecule has 5 rings (SSSR count). The van der Waals surface area contributed by atoms with Gasteiger partial charge in [0.15, 0.2) is 17.3 Å². The van der Waals surface area contributed by atoms with Crippen molar-refractivity contribution in [1.82, 2.24) is 14.6 Å². The Morgan fingerprint density at radius 3 is 2.38 bits per heavy atom. The Labute approximate surface area is 197 Å². The SMILES string of the molecule is COc1ccc(/C=c2/sc3nc(-c4cc5ccccc5cc4OC(C)=O)nn3c2=O)cc1OC. The second-order valence-electron chi connectivity index (χ2n) is 7.45. The largest absolute Gasteiger partial charge is 0.493 e. The molecule has 0 saturated heterocycles. The van der Waals surface area contributed by atoms with Gasteiger partial charge in [0, 0.05) is 6.92 Å². The van der Waals surface area contributed by atoms with Crippen molar-refractivity contribution in [2.24, 2.45) is 0 Å². The third kappa shape index (κ3) is 3.86. The molecule has 0 aliphatic rings. The Morgan fingerprint density at radius 1 is 0.971 bits per heavy atom. The maximum absolute atomic E-state index is 13.0. The van der Waals surface area contributed by atoms with E-state index in [1.165, 1.54) is 22.8 Å². The Hall–Kier alpha value is -4.24. The smallest absolute Gasteiger partial charge is 0.308 e. The normalized spacial score (nSPS) is 11.8. The molecule has 34 heavy (non-hydrogen) atoms. The number of hydrogen-bond donors (Lipinski definition) is 0. The molecule has 0 unspecified atom stereocenters. The average molecular weight is 474 g/mol. The van der Waals surface area contributed by atoms with E-state index in [0.717, 1.165) is 16.3 Å². The highest BCUT2D eigenvalue weighted by Crippen LogP contribution is 2.33. The zero-order chi connectivity index (χ0) is 23.8. The molecule has 3 aromatic carbocycles. The highest BCUT2D eigenvalue weighted by atomic mass is 32.1. The number of fused-ring (bicyclic) bond motifs is 2. The standard InChI is InChI=1S/C25H19N3O5S/c1-14(29)33-20-13-17-7-5-4-6-16(17)12-18(20)23-26-25-28(27-23)24(30)22(34-25)11-15-8-9-19(31-2)21(10-15)32-3/h4-13H,1-3H3/b22-11+. The van der Waals surface area contributed by atoms with Gasteiger partial charge in [-0.25, -0.2) is 0 Å². The minimum Gasteiger partial charge on any atom is -0.493 e. The Morgan fingerprint density at radius 2 is 1.71 bits per heavy atom. The molecule has 5 aromatic rings. The van der Waals surface area contributed by atoms with Crippen LogP contribution in [0.25, 0.3) is 33.2 Å². The number of methoxy groups -OCH3 is 2. The fourth-order valence-electron chi connectivity index (χ4n) is 3.68. The highest BCUT2D eigenvalue weighted by Gasteiger charge is 2.18. The van der Waals surface area contributed by atoms with Crippen molar-refractivity contribution in [3.8, 4) is 28.6 Å². The number of esters is 1. The first-order valence-electron chi connectivity index (χ1n) is 10.3. The summed E-state index contributed by atoms with van der Waals surface area (Å²) < 4.78 is 17.8. The van der Waals surface area contributed by atoms with Gasteiger partial charge < -0.3 is 14.2 Å². The predicted molar refractivity (Wildman–Crippen MR) is 130 cm³/mol. The zero-order valence-corrected chi connectivity index (χ0v) is 19.4. The molecule has 0 bridgehead atoms. The van der Waals surface area contributed by atoms with Crippen molar-refractivity contribution in [3.63, 3.8) is 0 Å². The van der Waals surface area contributed by atoms with Gasteiger partial charge in [0.05, 0.1) is 24.3 Å². The van der Waals surface area contributed by atoms with E-state index in [0.29, 0.717) is 38.1 Å². The van der Waals surface area contributed by atoms with E-state index in [1.54, 1.807) is 38.5 Å². The Bertz CT molecular complexity index is 1670. The van der Waals surface area contributed by atoms with E-state index in [2.05, 4.69) is 10.1 Å². The van der Waals surface area contributed by atoms with E-state index >= 15 is 0 Å². The van der Waals surface area contributed by atoms with E-state index in [9.17, 15) is 9.59 Å². The Balaban J connectivity index is 1.61. The van der Waals surface area contributed by atoms with Crippen LogP contribution in [0.3, 0.4) is 0 Å². The minimum atomic E-state index is -0.450. The van der Waals surface area contributed by atoms with Crippen LogP contribution >= 0.6 is 11.3 Å². The number of benzene rings is 3. The first-order chi connectivity index (χ1) is 16.5. The quantitative estimate of drug-likeness (QED) is 0.285. The van der Waals surface area contributed by atoms with Gasteiger partial charge in [-0.3, -0.25) is 9.59 Å². The number of hydrogen-bond acceptors (Lipinski definition) is 8. The average Bonchev–Trinajstić information content (AvgIpc) is 3.37. The molecule has 0 atom stereocenters. The molecule has 8 nitrogen and oxygen atoms in total. The monoisotopic (exact) mass is 473 g/mol. The molecule has 0 N–H and O–H groups in total. The summed E-state index contributed by atoms with van der Waals surface area (Å²) in [5, 5.41) is 6.29. The van der Waals surface area contributed by atoms with Crippen LogP contribution in [0.15, 0.2) is 59.4 Å². The summed E-state index contributed by atoms with van der Waals surface area (Å²) in [6, 6.07) is 16.7. The maximum Gasteiger partial charge on any atom is 0.308 e. The van der Waals surface area contributed by atoms with E-state index < -0.39 is 5.97 Å². The van der Waals surface area contributed by atoms with Crippen LogP contribution in [0.5, 0.6) is 17.2 Å². The number of nitrogens with zero attached hydrogens (tertiary/aromatic N) is 3. The Kier molecular flexibility index (Phi) is 5.46. The fraction of sp³-hybridized carbons (Fsp3) is 0.120. The van der Waals surface area contributed by atoms with Crippen LogP contribution in [0.2, 0.25) is 0 Å². The van der Waals surface area contributed by atoms with Crippen molar-refractivity contribution < 1.29 is 19.0 Å². The number of rotatable bonds is 5.